The van der Waals surface area contributed by atoms with Crippen molar-refractivity contribution in [1.29, 1.82) is 5.26 Å². The first-order chi connectivity index (χ1) is 18.4. The molecule has 4 rings (SSSR count). The topological polar surface area (TPSA) is 138 Å². The SMILES string of the molecule is CC(C)(C)OC(=O)N1CCO[C@@](C)(C(=O)N[C@](C#N)(C[Si])Cc2ccc(-c3ccc4oc(=O)[nH]c4c3)cc2)C1. The maximum Gasteiger partial charge on any atom is 0.417 e. The summed E-state index contributed by atoms with van der Waals surface area (Å²) in [7, 11) is 3.46. The van der Waals surface area contributed by atoms with Crippen LogP contribution < -0.4 is 11.1 Å². The molecule has 3 aromatic rings. The van der Waals surface area contributed by atoms with E-state index in [2.05, 4.69) is 26.6 Å². The van der Waals surface area contributed by atoms with Crippen LogP contribution >= 0.6 is 0 Å². The summed E-state index contributed by atoms with van der Waals surface area (Å²) in [4.78, 5) is 41.6. The van der Waals surface area contributed by atoms with Gasteiger partial charge in [0.1, 0.15) is 11.1 Å². The normalized spacial score (nSPS) is 19.2. The van der Waals surface area contributed by atoms with Gasteiger partial charge in [-0.3, -0.25) is 9.78 Å². The zero-order valence-electron chi connectivity index (χ0n) is 22.4. The zero-order chi connectivity index (χ0) is 28.4. The lowest BCUT2D eigenvalue weighted by Gasteiger charge is -2.41. The van der Waals surface area contributed by atoms with Gasteiger partial charge in [-0.2, -0.15) is 5.26 Å². The van der Waals surface area contributed by atoms with E-state index in [4.69, 9.17) is 13.9 Å². The van der Waals surface area contributed by atoms with Gasteiger partial charge in [0, 0.05) is 23.2 Å². The molecule has 1 saturated heterocycles. The van der Waals surface area contributed by atoms with Crippen molar-refractivity contribution >= 4 is 33.3 Å². The van der Waals surface area contributed by atoms with Crippen LogP contribution in [0.4, 0.5) is 4.79 Å². The molecule has 1 aromatic heterocycles. The van der Waals surface area contributed by atoms with Crippen molar-refractivity contribution in [2.45, 2.75) is 56.9 Å². The van der Waals surface area contributed by atoms with Crippen molar-refractivity contribution in [3.05, 3.63) is 58.6 Å². The summed E-state index contributed by atoms with van der Waals surface area (Å²) in [6, 6.07) is 15.5. The first kappa shape index (κ1) is 28.1. The molecule has 11 heteroatoms. The van der Waals surface area contributed by atoms with Crippen LogP contribution in [0.25, 0.3) is 22.2 Å². The summed E-state index contributed by atoms with van der Waals surface area (Å²) in [6.07, 6.45) is -0.284. The maximum absolute atomic E-state index is 13.4. The van der Waals surface area contributed by atoms with Gasteiger partial charge in [0.15, 0.2) is 11.2 Å². The highest BCUT2D eigenvalue weighted by Crippen LogP contribution is 2.27. The van der Waals surface area contributed by atoms with Gasteiger partial charge in [0.25, 0.3) is 5.91 Å². The van der Waals surface area contributed by atoms with E-state index in [-0.39, 0.29) is 25.6 Å². The number of nitrogens with zero attached hydrogens (tertiary/aromatic N) is 2. The van der Waals surface area contributed by atoms with Crippen LogP contribution in [0.1, 0.15) is 33.3 Å². The number of carbonyl (C=O) groups is 2. The van der Waals surface area contributed by atoms with Crippen LogP contribution in [-0.4, -0.2) is 68.6 Å². The third kappa shape index (κ3) is 6.41. The smallest absolute Gasteiger partial charge is 0.417 e. The molecule has 0 bridgehead atoms. The van der Waals surface area contributed by atoms with Crippen LogP contribution in [0.2, 0.25) is 6.04 Å². The third-order valence-electron chi connectivity index (χ3n) is 6.49. The molecule has 1 aliphatic heterocycles. The number of nitrogens with one attached hydrogen (secondary N) is 2. The molecule has 1 aliphatic rings. The molecule has 3 radical (unpaired) electrons. The summed E-state index contributed by atoms with van der Waals surface area (Å²) < 4.78 is 16.3. The quantitative estimate of drug-likeness (QED) is 0.452. The summed E-state index contributed by atoms with van der Waals surface area (Å²) in [5, 5.41) is 13.0. The number of benzene rings is 2. The van der Waals surface area contributed by atoms with Crippen molar-refractivity contribution in [3.8, 4) is 17.2 Å². The predicted molar refractivity (Wildman–Crippen MR) is 145 cm³/mol. The van der Waals surface area contributed by atoms with Crippen LogP contribution in [0.5, 0.6) is 0 Å². The number of rotatable bonds is 6. The number of aromatic amines is 1. The standard InChI is InChI=1S/C28H31N4O6Si/c1-26(2,3)38-25(35)32-11-12-36-27(4,16-32)23(33)31-28(15-29,17-39)14-18-5-7-19(8-6-18)20-9-10-22-21(13-20)30-24(34)37-22/h5-10,13H,11-12,14,16-17H2,1-4H3,(H,30,34)(H,31,33)/t27-,28-/m1/s1. The number of fused-ring (bicyclic) bond motifs is 1. The van der Waals surface area contributed by atoms with E-state index in [0.717, 1.165) is 16.7 Å². The minimum Gasteiger partial charge on any atom is -0.444 e. The number of carbonyl (C=O) groups excluding carboxylic acids is 2. The molecular weight excluding hydrogens is 516 g/mol. The Labute approximate surface area is 229 Å². The molecule has 2 N–H and O–H groups in total. The zero-order valence-corrected chi connectivity index (χ0v) is 23.4. The lowest BCUT2D eigenvalue weighted by atomic mass is 9.91. The van der Waals surface area contributed by atoms with Gasteiger partial charge in [0.2, 0.25) is 0 Å². The largest absolute Gasteiger partial charge is 0.444 e. The van der Waals surface area contributed by atoms with E-state index in [1.165, 1.54) is 4.90 Å². The number of oxazole rings is 1. The third-order valence-corrected chi connectivity index (χ3v) is 7.09. The Morgan fingerprint density at radius 1 is 1.21 bits per heavy atom. The Hall–Kier alpha value is -3.88. The molecular formula is C28H31N4O6Si. The predicted octanol–water partition coefficient (Wildman–Crippen LogP) is 3.32. The van der Waals surface area contributed by atoms with Crippen molar-refractivity contribution in [2.24, 2.45) is 0 Å². The molecule has 2 aromatic carbocycles. The first-order valence-corrected chi connectivity index (χ1v) is 13.3. The van der Waals surface area contributed by atoms with Crippen LogP contribution in [0.3, 0.4) is 0 Å². The highest BCUT2D eigenvalue weighted by Gasteiger charge is 2.45. The number of ether oxygens (including phenoxy) is 2. The fraction of sp³-hybridized carbons (Fsp3) is 0.429. The van der Waals surface area contributed by atoms with Gasteiger partial charge in [0.05, 0.1) is 24.7 Å². The monoisotopic (exact) mass is 547 g/mol. The van der Waals surface area contributed by atoms with Crippen molar-refractivity contribution in [3.63, 3.8) is 0 Å². The van der Waals surface area contributed by atoms with E-state index >= 15 is 0 Å². The van der Waals surface area contributed by atoms with Gasteiger partial charge in [-0.25, -0.2) is 9.59 Å². The van der Waals surface area contributed by atoms with Gasteiger partial charge in [-0.05, 0) is 62.6 Å². The van der Waals surface area contributed by atoms with Crippen molar-refractivity contribution < 1.29 is 23.5 Å². The Bertz CT molecular complexity index is 1470. The Kier molecular flexibility index (Phi) is 7.72. The minimum atomic E-state index is -1.35. The van der Waals surface area contributed by atoms with Crippen LogP contribution in [0.15, 0.2) is 51.7 Å². The van der Waals surface area contributed by atoms with Gasteiger partial charge < -0.3 is 24.1 Å². The number of aromatic nitrogens is 1. The molecule has 39 heavy (non-hydrogen) atoms. The molecule has 0 spiro atoms. The van der Waals surface area contributed by atoms with E-state index in [1.54, 1.807) is 33.8 Å². The molecule has 2 amide bonds. The van der Waals surface area contributed by atoms with Crippen molar-refractivity contribution in [1.82, 2.24) is 15.2 Å². The molecule has 0 aliphatic carbocycles. The lowest BCUT2D eigenvalue weighted by Crippen LogP contribution is -2.63. The number of morpholine rings is 1. The molecule has 10 nitrogen and oxygen atoms in total. The summed E-state index contributed by atoms with van der Waals surface area (Å²) in [5.41, 5.74) is 0.454. The number of H-pyrrole nitrogens is 1. The first-order valence-electron chi connectivity index (χ1n) is 12.6. The summed E-state index contributed by atoms with van der Waals surface area (Å²) in [5.74, 6) is -0.999. The van der Waals surface area contributed by atoms with Gasteiger partial charge >= 0.3 is 11.8 Å². The fourth-order valence-electron chi connectivity index (χ4n) is 4.39. The van der Waals surface area contributed by atoms with E-state index < -0.39 is 34.5 Å². The second kappa shape index (κ2) is 10.7. The van der Waals surface area contributed by atoms with Crippen molar-refractivity contribution in [2.75, 3.05) is 19.7 Å². The highest BCUT2D eigenvalue weighted by atomic mass is 28.1. The molecule has 2 atom stereocenters. The van der Waals surface area contributed by atoms with Gasteiger partial charge in [-0.1, -0.05) is 30.3 Å². The maximum atomic E-state index is 13.4. The second-order valence-electron chi connectivity index (χ2n) is 10.9. The average Bonchev–Trinajstić information content (AvgIpc) is 3.27. The van der Waals surface area contributed by atoms with E-state index in [0.29, 0.717) is 17.6 Å². The molecule has 203 valence electrons. The number of amides is 2. The Morgan fingerprint density at radius 2 is 1.90 bits per heavy atom. The lowest BCUT2D eigenvalue weighted by molar-refractivity contribution is -0.156. The fourth-order valence-corrected chi connectivity index (χ4v) is 4.68. The van der Waals surface area contributed by atoms with E-state index in [9.17, 15) is 19.6 Å². The minimum absolute atomic E-state index is 0.00204. The Balaban J connectivity index is 1.47. The second-order valence-corrected chi connectivity index (χ2v) is 11.3. The van der Waals surface area contributed by atoms with Crippen LogP contribution in [-0.2, 0) is 20.7 Å². The van der Waals surface area contributed by atoms with Crippen LogP contribution in [0, 0.1) is 11.3 Å². The molecule has 0 unspecified atom stereocenters. The molecule has 2 heterocycles. The molecule has 1 fully saturated rings. The molecule has 0 saturated carbocycles. The Morgan fingerprint density at radius 3 is 2.54 bits per heavy atom. The number of hydrogen-bond donors (Lipinski definition) is 2. The average molecular weight is 548 g/mol. The van der Waals surface area contributed by atoms with Gasteiger partial charge in [-0.15, -0.1) is 0 Å². The summed E-state index contributed by atoms with van der Waals surface area (Å²) >= 11 is 0. The van der Waals surface area contributed by atoms with E-state index in [1.807, 2.05) is 36.4 Å². The highest BCUT2D eigenvalue weighted by molar-refractivity contribution is 6.10. The number of hydrogen-bond acceptors (Lipinski definition) is 7. The summed E-state index contributed by atoms with van der Waals surface area (Å²) in [6.45, 7) is 7.40. The number of nitriles is 1.